The Kier molecular flexibility index (Phi) is 5.29. The maximum absolute atomic E-state index is 12.1. The van der Waals surface area contributed by atoms with Gasteiger partial charge in [-0.1, -0.05) is 25.4 Å². The summed E-state index contributed by atoms with van der Waals surface area (Å²) in [6.07, 6.45) is 1.82. The summed E-state index contributed by atoms with van der Waals surface area (Å²) in [7, 11) is 1.54. The van der Waals surface area contributed by atoms with Crippen molar-refractivity contribution < 1.29 is 9.53 Å². The van der Waals surface area contributed by atoms with Gasteiger partial charge in [0.05, 0.1) is 12.7 Å². The fourth-order valence-electron chi connectivity index (χ4n) is 1.61. The normalized spacial score (nSPS) is 10.4. The van der Waals surface area contributed by atoms with Crippen molar-refractivity contribution in [3.05, 3.63) is 28.8 Å². The van der Waals surface area contributed by atoms with Crippen LogP contribution in [-0.4, -0.2) is 19.1 Å². The summed E-state index contributed by atoms with van der Waals surface area (Å²) >= 11 is 5.89. The molecule has 1 amide bonds. The van der Waals surface area contributed by atoms with Gasteiger partial charge in [0.2, 0.25) is 0 Å². The second-order valence-electron chi connectivity index (χ2n) is 3.83. The molecule has 0 aromatic heterocycles. The lowest BCUT2D eigenvalue weighted by atomic mass is 10.1. The van der Waals surface area contributed by atoms with Gasteiger partial charge in [-0.15, -0.1) is 0 Å². The van der Waals surface area contributed by atoms with Crippen LogP contribution in [0.1, 0.15) is 37.0 Å². The van der Waals surface area contributed by atoms with Crippen molar-refractivity contribution in [3.8, 4) is 5.75 Å². The highest BCUT2D eigenvalue weighted by Crippen LogP contribution is 2.22. The van der Waals surface area contributed by atoms with Gasteiger partial charge >= 0.3 is 0 Å². The minimum absolute atomic E-state index is 0.141. The van der Waals surface area contributed by atoms with Crippen LogP contribution < -0.4 is 10.1 Å². The van der Waals surface area contributed by atoms with Crippen molar-refractivity contribution >= 4 is 17.5 Å². The number of amides is 1. The number of hydrogen-bond donors (Lipinski definition) is 1. The molecule has 0 atom stereocenters. The molecule has 1 N–H and O–H groups in total. The molecule has 0 unspecified atom stereocenters. The Balaban J connectivity index is 2.90. The number of halogens is 1. The monoisotopic (exact) mass is 255 g/mol. The summed E-state index contributed by atoms with van der Waals surface area (Å²) in [5.74, 6) is 0.399. The van der Waals surface area contributed by atoms with Gasteiger partial charge in [-0.2, -0.15) is 0 Å². The highest BCUT2D eigenvalue weighted by atomic mass is 35.5. The number of methoxy groups -OCH3 is 1. The molecule has 0 aliphatic rings. The first-order chi connectivity index (χ1) is 8.12. The van der Waals surface area contributed by atoms with Gasteiger partial charge < -0.3 is 10.1 Å². The van der Waals surface area contributed by atoms with Crippen molar-refractivity contribution in [2.75, 3.05) is 7.11 Å². The summed E-state index contributed by atoms with van der Waals surface area (Å²) in [5.41, 5.74) is 0.479. The zero-order chi connectivity index (χ0) is 12.8. The van der Waals surface area contributed by atoms with Crippen LogP contribution in [0.4, 0.5) is 0 Å². The zero-order valence-electron chi connectivity index (χ0n) is 10.4. The zero-order valence-corrected chi connectivity index (χ0v) is 11.2. The lowest BCUT2D eigenvalue weighted by molar-refractivity contribution is 0.0932. The van der Waals surface area contributed by atoms with Crippen LogP contribution in [0.15, 0.2) is 18.2 Å². The van der Waals surface area contributed by atoms with Gasteiger partial charge in [-0.05, 0) is 31.0 Å². The predicted molar refractivity (Wildman–Crippen MR) is 69.8 cm³/mol. The van der Waals surface area contributed by atoms with Gasteiger partial charge in [0.15, 0.2) is 0 Å². The Morgan fingerprint density at radius 1 is 1.41 bits per heavy atom. The van der Waals surface area contributed by atoms with Crippen molar-refractivity contribution in [2.24, 2.45) is 0 Å². The fraction of sp³-hybridized carbons (Fsp3) is 0.462. The summed E-state index contributed by atoms with van der Waals surface area (Å²) in [5, 5.41) is 3.49. The molecule has 0 aliphatic heterocycles. The Morgan fingerprint density at radius 2 is 2.06 bits per heavy atom. The number of ether oxygens (including phenoxy) is 1. The minimum Gasteiger partial charge on any atom is -0.496 e. The van der Waals surface area contributed by atoms with Crippen LogP contribution in [0.3, 0.4) is 0 Å². The Morgan fingerprint density at radius 3 is 2.59 bits per heavy atom. The molecule has 1 rings (SSSR count). The molecule has 17 heavy (non-hydrogen) atoms. The van der Waals surface area contributed by atoms with E-state index in [4.69, 9.17) is 16.3 Å². The number of benzene rings is 1. The molecule has 0 radical (unpaired) electrons. The van der Waals surface area contributed by atoms with Gasteiger partial charge in [-0.3, -0.25) is 4.79 Å². The average molecular weight is 256 g/mol. The van der Waals surface area contributed by atoms with E-state index in [2.05, 4.69) is 5.32 Å². The van der Waals surface area contributed by atoms with Crippen molar-refractivity contribution in [1.82, 2.24) is 5.32 Å². The van der Waals surface area contributed by atoms with Crippen molar-refractivity contribution in [1.29, 1.82) is 0 Å². The minimum atomic E-state index is -0.141. The third-order valence-corrected chi connectivity index (χ3v) is 2.96. The summed E-state index contributed by atoms with van der Waals surface area (Å²) < 4.78 is 5.15. The summed E-state index contributed by atoms with van der Waals surface area (Å²) in [6.45, 7) is 4.09. The molecule has 1 aromatic carbocycles. The molecular formula is C13H18ClNO2. The molecule has 1 aromatic rings. The van der Waals surface area contributed by atoms with E-state index in [0.717, 1.165) is 12.8 Å². The molecule has 4 heteroatoms. The molecule has 94 valence electrons. The SMILES string of the molecule is CCC(CC)NC(=O)c1cc(Cl)ccc1OC. The first kappa shape index (κ1) is 13.8. The van der Waals surface area contributed by atoms with Gasteiger partial charge in [0.25, 0.3) is 5.91 Å². The second-order valence-corrected chi connectivity index (χ2v) is 4.27. The first-order valence-electron chi connectivity index (χ1n) is 5.76. The molecule has 0 heterocycles. The molecule has 0 fully saturated rings. The highest BCUT2D eigenvalue weighted by molar-refractivity contribution is 6.31. The van der Waals surface area contributed by atoms with E-state index in [9.17, 15) is 4.79 Å². The van der Waals surface area contributed by atoms with E-state index in [1.54, 1.807) is 18.2 Å². The van der Waals surface area contributed by atoms with Crippen LogP contribution in [0, 0.1) is 0 Å². The van der Waals surface area contributed by atoms with E-state index in [1.165, 1.54) is 7.11 Å². The number of carbonyl (C=O) groups is 1. The Bertz CT molecular complexity index is 389. The van der Waals surface area contributed by atoms with Crippen LogP contribution in [-0.2, 0) is 0 Å². The lowest BCUT2D eigenvalue weighted by Gasteiger charge is -2.16. The molecule has 0 spiro atoms. The number of hydrogen-bond acceptors (Lipinski definition) is 2. The maximum Gasteiger partial charge on any atom is 0.255 e. The van der Waals surface area contributed by atoms with E-state index >= 15 is 0 Å². The third kappa shape index (κ3) is 3.63. The standard InChI is InChI=1S/C13H18ClNO2/c1-4-10(5-2)15-13(16)11-8-9(14)6-7-12(11)17-3/h6-8,10H,4-5H2,1-3H3,(H,15,16). The van der Waals surface area contributed by atoms with E-state index < -0.39 is 0 Å². The highest BCUT2D eigenvalue weighted by Gasteiger charge is 2.15. The van der Waals surface area contributed by atoms with Crippen LogP contribution >= 0.6 is 11.6 Å². The topological polar surface area (TPSA) is 38.3 Å². The average Bonchev–Trinajstić information content (AvgIpc) is 2.35. The van der Waals surface area contributed by atoms with Crippen LogP contribution in [0.2, 0.25) is 5.02 Å². The van der Waals surface area contributed by atoms with E-state index in [1.807, 2.05) is 13.8 Å². The Labute approximate surface area is 107 Å². The molecule has 0 bridgehead atoms. The van der Waals surface area contributed by atoms with Gasteiger partial charge in [-0.25, -0.2) is 0 Å². The molecule has 0 saturated heterocycles. The van der Waals surface area contributed by atoms with E-state index in [-0.39, 0.29) is 11.9 Å². The van der Waals surface area contributed by atoms with Gasteiger partial charge in [0.1, 0.15) is 5.75 Å². The number of nitrogens with one attached hydrogen (secondary N) is 1. The lowest BCUT2D eigenvalue weighted by Crippen LogP contribution is -2.34. The third-order valence-electron chi connectivity index (χ3n) is 2.73. The van der Waals surface area contributed by atoms with Crippen molar-refractivity contribution in [2.45, 2.75) is 32.7 Å². The molecule has 0 saturated carbocycles. The quantitative estimate of drug-likeness (QED) is 0.877. The summed E-state index contributed by atoms with van der Waals surface area (Å²) in [6, 6.07) is 5.21. The predicted octanol–water partition coefficient (Wildman–Crippen LogP) is 3.27. The number of rotatable bonds is 5. The van der Waals surface area contributed by atoms with Crippen molar-refractivity contribution in [3.63, 3.8) is 0 Å². The smallest absolute Gasteiger partial charge is 0.255 e. The van der Waals surface area contributed by atoms with Gasteiger partial charge in [0, 0.05) is 11.1 Å². The maximum atomic E-state index is 12.1. The molecule has 3 nitrogen and oxygen atoms in total. The van der Waals surface area contributed by atoms with E-state index in [0.29, 0.717) is 16.3 Å². The van der Waals surface area contributed by atoms with Crippen LogP contribution in [0.25, 0.3) is 0 Å². The van der Waals surface area contributed by atoms with Crippen LogP contribution in [0.5, 0.6) is 5.75 Å². The largest absolute Gasteiger partial charge is 0.496 e. The second kappa shape index (κ2) is 6.50. The Hall–Kier alpha value is -1.22. The molecular weight excluding hydrogens is 238 g/mol. The first-order valence-corrected chi connectivity index (χ1v) is 6.14. The number of carbonyl (C=O) groups excluding carboxylic acids is 1. The fourth-order valence-corrected chi connectivity index (χ4v) is 1.79. The molecule has 0 aliphatic carbocycles. The summed E-state index contributed by atoms with van der Waals surface area (Å²) in [4.78, 5) is 12.1.